The third-order valence-electron chi connectivity index (χ3n) is 3.61. The van der Waals surface area contributed by atoms with Gasteiger partial charge in [0.15, 0.2) is 0 Å². The molecule has 1 saturated heterocycles. The zero-order chi connectivity index (χ0) is 14.5. The lowest BCUT2D eigenvalue weighted by Gasteiger charge is -2.26. The molecule has 0 aliphatic carbocycles. The number of nitrogens with zero attached hydrogens (tertiary/aromatic N) is 1. The standard InChI is InChI=1S/C17H23NO2/c1-13(2)16(15-6-4-14(3)5-7-15)12-17(19)18-8-10-20-11-9-18/h4-7,12-13H,8-11H2,1-3H3/b16-12+. The molecule has 20 heavy (non-hydrogen) atoms. The van der Waals surface area contributed by atoms with Gasteiger partial charge in [-0.05, 0) is 24.0 Å². The van der Waals surface area contributed by atoms with Crippen molar-refractivity contribution in [1.29, 1.82) is 0 Å². The molecule has 0 radical (unpaired) electrons. The molecule has 1 aromatic carbocycles. The Kier molecular flexibility index (Phi) is 4.96. The van der Waals surface area contributed by atoms with Crippen molar-refractivity contribution >= 4 is 11.5 Å². The van der Waals surface area contributed by atoms with Crippen molar-refractivity contribution < 1.29 is 9.53 Å². The monoisotopic (exact) mass is 273 g/mol. The van der Waals surface area contributed by atoms with Gasteiger partial charge in [-0.25, -0.2) is 0 Å². The van der Waals surface area contributed by atoms with Crippen LogP contribution in [0.1, 0.15) is 25.0 Å². The molecule has 1 heterocycles. The number of hydrogen-bond acceptors (Lipinski definition) is 2. The Balaban J connectivity index is 2.21. The molecule has 1 aliphatic heterocycles. The summed E-state index contributed by atoms with van der Waals surface area (Å²) in [5.74, 6) is 0.417. The molecule has 0 atom stereocenters. The highest BCUT2D eigenvalue weighted by Gasteiger charge is 2.17. The summed E-state index contributed by atoms with van der Waals surface area (Å²) >= 11 is 0. The zero-order valence-electron chi connectivity index (χ0n) is 12.6. The highest BCUT2D eigenvalue weighted by molar-refractivity contribution is 5.95. The van der Waals surface area contributed by atoms with Gasteiger partial charge in [0.2, 0.25) is 5.91 Å². The Morgan fingerprint density at radius 3 is 2.35 bits per heavy atom. The number of ether oxygens (including phenoxy) is 1. The van der Waals surface area contributed by atoms with Gasteiger partial charge in [-0.1, -0.05) is 43.7 Å². The molecule has 3 nitrogen and oxygen atoms in total. The van der Waals surface area contributed by atoms with Crippen molar-refractivity contribution in [3.8, 4) is 0 Å². The third-order valence-corrected chi connectivity index (χ3v) is 3.61. The van der Waals surface area contributed by atoms with Crippen LogP contribution in [0.25, 0.3) is 5.57 Å². The first-order valence-electron chi connectivity index (χ1n) is 7.23. The first-order chi connectivity index (χ1) is 9.58. The van der Waals surface area contributed by atoms with E-state index in [-0.39, 0.29) is 5.91 Å². The van der Waals surface area contributed by atoms with Gasteiger partial charge >= 0.3 is 0 Å². The first-order valence-corrected chi connectivity index (χ1v) is 7.23. The van der Waals surface area contributed by atoms with Crippen molar-refractivity contribution in [1.82, 2.24) is 4.90 Å². The molecule has 0 bridgehead atoms. The molecule has 1 amide bonds. The fraction of sp³-hybridized carbons (Fsp3) is 0.471. The van der Waals surface area contributed by atoms with Gasteiger partial charge < -0.3 is 9.64 Å². The predicted octanol–water partition coefficient (Wildman–Crippen LogP) is 2.89. The van der Waals surface area contributed by atoms with E-state index in [9.17, 15) is 4.79 Å². The molecule has 0 aromatic heterocycles. The summed E-state index contributed by atoms with van der Waals surface area (Å²) in [5, 5.41) is 0. The molecule has 1 fully saturated rings. The molecular weight excluding hydrogens is 250 g/mol. The van der Waals surface area contributed by atoms with E-state index >= 15 is 0 Å². The average Bonchev–Trinajstić information content (AvgIpc) is 2.46. The smallest absolute Gasteiger partial charge is 0.247 e. The summed E-state index contributed by atoms with van der Waals surface area (Å²) < 4.78 is 5.29. The largest absolute Gasteiger partial charge is 0.378 e. The van der Waals surface area contributed by atoms with Crippen LogP contribution >= 0.6 is 0 Å². The van der Waals surface area contributed by atoms with Crippen molar-refractivity contribution in [3.63, 3.8) is 0 Å². The molecule has 1 aromatic rings. The number of rotatable bonds is 3. The van der Waals surface area contributed by atoms with Crippen molar-refractivity contribution in [3.05, 3.63) is 41.5 Å². The molecule has 0 N–H and O–H groups in total. The lowest BCUT2D eigenvalue weighted by atomic mass is 9.94. The Bertz CT molecular complexity index is 482. The average molecular weight is 273 g/mol. The van der Waals surface area contributed by atoms with E-state index in [4.69, 9.17) is 4.74 Å². The number of benzene rings is 1. The van der Waals surface area contributed by atoms with E-state index in [1.807, 2.05) is 4.90 Å². The summed E-state index contributed by atoms with van der Waals surface area (Å²) in [7, 11) is 0. The minimum absolute atomic E-state index is 0.0950. The number of morpholine rings is 1. The van der Waals surface area contributed by atoms with Crippen molar-refractivity contribution in [2.45, 2.75) is 20.8 Å². The third kappa shape index (κ3) is 3.70. The topological polar surface area (TPSA) is 29.5 Å². The van der Waals surface area contributed by atoms with Gasteiger partial charge in [-0.2, -0.15) is 0 Å². The van der Waals surface area contributed by atoms with Crippen molar-refractivity contribution in [2.75, 3.05) is 26.3 Å². The second-order valence-electron chi connectivity index (χ2n) is 5.56. The number of allylic oxidation sites excluding steroid dienone is 1. The van der Waals surface area contributed by atoms with E-state index in [0.717, 1.165) is 11.1 Å². The summed E-state index contributed by atoms with van der Waals surface area (Å²) in [6.07, 6.45) is 1.79. The van der Waals surface area contributed by atoms with E-state index in [1.54, 1.807) is 6.08 Å². The second kappa shape index (κ2) is 6.71. The number of aryl methyl sites for hydroxylation is 1. The van der Waals surface area contributed by atoms with Crippen LogP contribution in [0.2, 0.25) is 0 Å². The van der Waals surface area contributed by atoms with Crippen LogP contribution in [0.4, 0.5) is 0 Å². The van der Waals surface area contributed by atoms with Crippen LogP contribution in [0, 0.1) is 12.8 Å². The Morgan fingerprint density at radius 1 is 1.20 bits per heavy atom. The number of amides is 1. The maximum atomic E-state index is 12.3. The van der Waals surface area contributed by atoms with Crippen molar-refractivity contribution in [2.24, 2.45) is 5.92 Å². The van der Waals surface area contributed by atoms with Crippen LogP contribution in [0.3, 0.4) is 0 Å². The lowest BCUT2D eigenvalue weighted by molar-refractivity contribution is -0.129. The highest BCUT2D eigenvalue weighted by Crippen LogP contribution is 2.23. The number of hydrogen-bond donors (Lipinski definition) is 0. The highest BCUT2D eigenvalue weighted by atomic mass is 16.5. The summed E-state index contributed by atoms with van der Waals surface area (Å²) in [6.45, 7) is 8.98. The van der Waals surface area contributed by atoms with E-state index < -0.39 is 0 Å². The second-order valence-corrected chi connectivity index (χ2v) is 5.56. The number of carbonyl (C=O) groups is 1. The summed E-state index contributed by atoms with van der Waals surface area (Å²) in [4.78, 5) is 14.2. The zero-order valence-corrected chi connectivity index (χ0v) is 12.6. The van der Waals surface area contributed by atoms with Gasteiger partial charge in [0.25, 0.3) is 0 Å². The van der Waals surface area contributed by atoms with Crippen LogP contribution in [-0.4, -0.2) is 37.1 Å². The van der Waals surface area contributed by atoms with Gasteiger partial charge in [0, 0.05) is 19.2 Å². The maximum Gasteiger partial charge on any atom is 0.247 e. The molecule has 0 spiro atoms. The fourth-order valence-corrected chi connectivity index (χ4v) is 2.34. The Hall–Kier alpha value is -1.61. The molecule has 3 heteroatoms. The molecule has 0 saturated carbocycles. The molecular formula is C17H23NO2. The van der Waals surface area contributed by atoms with E-state index in [0.29, 0.717) is 32.2 Å². The minimum Gasteiger partial charge on any atom is -0.378 e. The Labute approximate surface area is 121 Å². The molecule has 108 valence electrons. The molecule has 2 rings (SSSR count). The number of carbonyl (C=O) groups excluding carboxylic acids is 1. The van der Waals surface area contributed by atoms with Gasteiger partial charge in [0.1, 0.15) is 0 Å². The van der Waals surface area contributed by atoms with Crippen LogP contribution in [0.15, 0.2) is 30.3 Å². The summed E-state index contributed by atoms with van der Waals surface area (Å²) in [6, 6.07) is 8.36. The molecule has 1 aliphatic rings. The van der Waals surface area contributed by atoms with E-state index in [2.05, 4.69) is 45.0 Å². The van der Waals surface area contributed by atoms with Crippen LogP contribution in [-0.2, 0) is 9.53 Å². The minimum atomic E-state index is 0.0950. The fourth-order valence-electron chi connectivity index (χ4n) is 2.34. The van der Waals surface area contributed by atoms with Gasteiger partial charge in [0.05, 0.1) is 13.2 Å². The quantitative estimate of drug-likeness (QED) is 0.793. The van der Waals surface area contributed by atoms with Crippen LogP contribution < -0.4 is 0 Å². The SMILES string of the molecule is Cc1ccc(/C(=C/C(=O)N2CCOCC2)C(C)C)cc1. The molecule has 0 unspecified atom stereocenters. The normalized spacial score (nSPS) is 16.6. The summed E-state index contributed by atoms with van der Waals surface area (Å²) in [5.41, 5.74) is 3.46. The maximum absolute atomic E-state index is 12.3. The predicted molar refractivity (Wildman–Crippen MR) is 81.4 cm³/mol. The van der Waals surface area contributed by atoms with Gasteiger partial charge in [-0.3, -0.25) is 4.79 Å². The Morgan fingerprint density at radius 2 is 1.80 bits per heavy atom. The van der Waals surface area contributed by atoms with Crippen LogP contribution in [0.5, 0.6) is 0 Å². The first kappa shape index (κ1) is 14.8. The van der Waals surface area contributed by atoms with Gasteiger partial charge in [-0.15, -0.1) is 0 Å². The van der Waals surface area contributed by atoms with E-state index in [1.165, 1.54) is 5.56 Å². The lowest BCUT2D eigenvalue weighted by Crippen LogP contribution is -2.40.